The average molecular weight is 433 g/mol. The summed E-state index contributed by atoms with van der Waals surface area (Å²) in [6.07, 6.45) is 1.50. The first-order valence-corrected chi connectivity index (χ1v) is 11.1. The van der Waals surface area contributed by atoms with Crippen molar-refractivity contribution in [2.75, 3.05) is 29.2 Å². The number of sulfonamides is 1. The zero-order chi connectivity index (χ0) is 21.9. The van der Waals surface area contributed by atoms with E-state index in [1.165, 1.54) is 4.31 Å². The number of carbonyl (C=O) groups excluding carboxylic acids is 2. The molecule has 10 heteroatoms. The van der Waals surface area contributed by atoms with Gasteiger partial charge in [-0.3, -0.25) is 13.9 Å². The summed E-state index contributed by atoms with van der Waals surface area (Å²) in [6.45, 7) is 1.90. The number of amides is 2. The molecule has 3 rings (SSSR count). The van der Waals surface area contributed by atoms with Crippen LogP contribution in [0, 0.1) is 6.92 Å². The quantitative estimate of drug-likeness (QED) is 0.655. The molecule has 0 radical (unpaired) electrons. The smallest absolute Gasteiger partial charge is 0.249 e. The molecule has 2 aromatic rings. The van der Waals surface area contributed by atoms with Crippen LogP contribution in [-0.2, 0) is 14.8 Å². The molecule has 0 aromatic heterocycles. The van der Waals surface area contributed by atoms with Gasteiger partial charge in [0, 0.05) is 30.3 Å². The van der Waals surface area contributed by atoms with Crippen molar-refractivity contribution in [3.8, 4) is 11.5 Å². The molecular weight excluding hydrogens is 410 g/mol. The lowest BCUT2D eigenvalue weighted by Gasteiger charge is -2.22. The van der Waals surface area contributed by atoms with Crippen LogP contribution in [0.15, 0.2) is 36.4 Å². The van der Waals surface area contributed by atoms with Crippen molar-refractivity contribution in [3.05, 3.63) is 47.5 Å². The summed E-state index contributed by atoms with van der Waals surface area (Å²) in [6, 6.07) is 9.78. The molecule has 0 unspecified atom stereocenters. The molecule has 0 saturated heterocycles. The van der Waals surface area contributed by atoms with Crippen molar-refractivity contribution in [2.45, 2.75) is 19.8 Å². The van der Waals surface area contributed by atoms with Crippen molar-refractivity contribution in [1.82, 2.24) is 0 Å². The van der Waals surface area contributed by atoms with Crippen molar-refractivity contribution >= 4 is 33.2 Å². The third-order valence-corrected chi connectivity index (χ3v) is 5.88. The Kier molecular flexibility index (Phi) is 6.16. The zero-order valence-electron chi connectivity index (χ0n) is 16.7. The summed E-state index contributed by atoms with van der Waals surface area (Å²) >= 11 is 0. The third-order valence-electron chi connectivity index (χ3n) is 4.68. The van der Waals surface area contributed by atoms with Gasteiger partial charge in [0.2, 0.25) is 28.6 Å². The van der Waals surface area contributed by atoms with Gasteiger partial charge in [-0.2, -0.15) is 0 Å². The molecule has 1 aliphatic rings. The number of hydrogen-bond donors (Lipinski definition) is 2. The number of anilines is 2. The van der Waals surface area contributed by atoms with Gasteiger partial charge in [0.1, 0.15) is 0 Å². The summed E-state index contributed by atoms with van der Waals surface area (Å²) in [7, 11) is -3.56. The van der Waals surface area contributed by atoms with E-state index in [1.807, 2.05) is 0 Å². The second-order valence-electron chi connectivity index (χ2n) is 6.87. The Morgan fingerprint density at radius 1 is 1.17 bits per heavy atom. The van der Waals surface area contributed by atoms with Gasteiger partial charge in [-0.1, -0.05) is 6.07 Å². The van der Waals surface area contributed by atoms with E-state index in [1.54, 1.807) is 43.3 Å². The van der Waals surface area contributed by atoms with E-state index >= 15 is 0 Å². The average Bonchev–Trinajstić information content (AvgIpc) is 3.13. The fraction of sp³-hybridized carbons (Fsp3) is 0.300. The van der Waals surface area contributed by atoms with Crippen LogP contribution in [0.5, 0.6) is 11.5 Å². The van der Waals surface area contributed by atoms with E-state index < -0.39 is 15.9 Å². The van der Waals surface area contributed by atoms with Crippen molar-refractivity contribution in [2.24, 2.45) is 5.73 Å². The monoisotopic (exact) mass is 433 g/mol. The Labute approximate surface area is 174 Å². The third kappa shape index (κ3) is 4.82. The SMILES string of the molecule is Cc1c(NC(=O)CCCN(c2ccc3c(c2)OCO3)S(C)(=O)=O)cccc1C(N)=O. The summed E-state index contributed by atoms with van der Waals surface area (Å²) in [4.78, 5) is 23.8. The molecule has 1 heterocycles. The highest BCUT2D eigenvalue weighted by Gasteiger charge is 2.21. The molecule has 0 spiro atoms. The molecular formula is C20H23N3O6S. The first-order chi connectivity index (χ1) is 14.2. The normalized spacial score (nSPS) is 12.5. The maximum atomic E-state index is 12.3. The minimum atomic E-state index is -3.56. The fourth-order valence-corrected chi connectivity index (χ4v) is 4.12. The summed E-state index contributed by atoms with van der Waals surface area (Å²) in [5.74, 6) is 0.166. The largest absolute Gasteiger partial charge is 0.454 e. The van der Waals surface area contributed by atoms with Gasteiger partial charge in [0.15, 0.2) is 11.5 Å². The van der Waals surface area contributed by atoms with Crippen LogP contribution in [0.1, 0.15) is 28.8 Å². The highest BCUT2D eigenvalue weighted by atomic mass is 32.2. The minimum absolute atomic E-state index is 0.0915. The zero-order valence-corrected chi connectivity index (χ0v) is 17.5. The molecule has 1 aliphatic heterocycles. The second-order valence-corrected chi connectivity index (χ2v) is 8.77. The van der Waals surface area contributed by atoms with Crippen LogP contribution >= 0.6 is 0 Å². The van der Waals surface area contributed by atoms with Crippen LogP contribution in [0.4, 0.5) is 11.4 Å². The maximum Gasteiger partial charge on any atom is 0.249 e. The van der Waals surface area contributed by atoms with Crippen LogP contribution in [0.3, 0.4) is 0 Å². The minimum Gasteiger partial charge on any atom is -0.454 e. The van der Waals surface area contributed by atoms with Gasteiger partial charge in [-0.25, -0.2) is 8.42 Å². The first kappa shape index (κ1) is 21.4. The first-order valence-electron chi connectivity index (χ1n) is 9.23. The molecule has 0 bridgehead atoms. The molecule has 0 aliphatic carbocycles. The van der Waals surface area contributed by atoms with Crippen LogP contribution in [-0.4, -0.2) is 39.8 Å². The summed E-state index contributed by atoms with van der Waals surface area (Å²) in [5, 5.41) is 2.74. The van der Waals surface area contributed by atoms with E-state index in [0.29, 0.717) is 40.4 Å². The Morgan fingerprint density at radius 2 is 1.90 bits per heavy atom. The van der Waals surface area contributed by atoms with Gasteiger partial charge >= 0.3 is 0 Å². The molecule has 2 amide bonds. The Morgan fingerprint density at radius 3 is 2.60 bits per heavy atom. The number of rotatable bonds is 8. The van der Waals surface area contributed by atoms with Crippen molar-refractivity contribution in [3.63, 3.8) is 0 Å². The van der Waals surface area contributed by atoms with E-state index in [-0.39, 0.29) is 25.7 Å². The van der Waals surface area contributed by atoms with E-state index in [2.05, 4.69) is 5.32 Å². The van der Waals surface area contributed by atoms with E-state index in [9.17, 15) is 18.0 Å². The van der Waals surface area contributed by atoms with Gasteiger partial charge in [0.25, 0.3) is 0 Å². The molecule has 30 heavy (non-hydrogen) atoms. The van der Waals surface area contributed by atoms with Gasteiger partial charge in [0.05, 0.1) is 11.9 Å². The number of carbonyl (C=O) groups is 2. The molecule has 3 N–H and O–H groups in total. The highest BCUT2D eigenvalue weighted by Crippen LogP contribution is 2.36. The topological polar surface area (TPSA) is 128 Å². The number of nitrogens with two attached hydrogens (primary N) is 1. The highest BCUT2D eigenvalue weighted by molar-refractivity contribution is 7.92. The number of hydrogen-bond acceptors (Lipinski definition) is 6. The number of benzene rings is 2. The molecule has 160 valence electrons. The predicted octanol–water partition coefficient (Wildman–Crippen LogP) is 2.01. The molecule has 0 fully saturated rings. The van der Waals surface area contributed by atoms with E-state index in [0.717, 1.165) is 6.26 Å². The predicted molar refractivity (Wildman–Crippen MR) is 112 cm³/mol. The van der Waals surface area contributed by atoms with Crippen molar-refractivity contribution in [1.29, 1.82) is 0 Å². The number of primary amides is 1. The van der Waals surface area contributed by atoms with Gasteiger partial charge in [-0.15, -0.1) is 0 Å². The van der Waals surface area contributed by atoms with Crippen LogP contribution in [0.2, 0.25) is 0 Å². The molecule has 0 atom stereocenters. The van der Waals surface area contributed by atoms with Crippen LogP contribution in [0.25, 0.3) is 0 Å². The lowest BCUT2D eigenvalue weighted by Crippen LogP contribution is -2.31. The van der Waals surface area contributed by atoms with Gasteiger partial charge < -0.3 is 20.5 Å². The lowest BCUT2D eigenvalue weighted by atomic mass is 10.1. The number of nitrogens with one attached hydrogen (secondary N) is 1. The Bertz CT molecular complexity index is 1080. The number of fused-ring (bicyclic) bond motifs is 1. The molecule has 0 saturated carbocycles. The number of nitrogens with zero attached hydrogens (tertiary/aromatic N) is 1. The standard InChI is InChI=1S/C20H23N3O6S/c1-13-15(20(21)25)5-3-6-16(13)22-19(24)7-4-10-23(30(2,26)27)14-8-9-17-18(11-14)29-12-28-17/h3,5-6,8-9,11H,4,7,10,12H2,1-2H3,(H2,21,25)(H,22,24). The molecule has 2 aromatic carbocycles. The lowest BCUT2D eigenvalue weighted by molar-refractivity contribution is -0.116. The number of ether oxygens (including phenoxy) is 2. The summed E-state index contributed by atoms with van der Waals surface area (Å²) in [5.41, 5.74) is 7.17. The maximum absolute atomic E-state index is 12.3. The summed E-state index contributed by atoms with van der Waals surface area (Å²) < 4.78 is 36.3. The second kappa shape index (κ2) is 8.62. The van der Waals surface area contributed by atoms with Crippen molar-refractivity contribution < 1.29 is 27.5 Å². The fourth-order valence-electron chi connectivity index (χ4n) is 3.16. The van der Waals surface area contributed by atoms with E-state index in [4.69, 9.17) is 15.2 Å². The molecule has 9 nitrogen and oxygen atoms in total. The Balaban J connectivity index is 1.64. The van der Waals surface area contributed by atoms with Crippen LogP contribution < -0.4 is 24.8 Å². The van der Waals surface area contributed by atoms with Gasteiger partial charge in [-0.05, 0) is 43.2 Å². The Hall–Kier alpha value is -3.27.